The van der Waals surface area contributed by atoms with Crippen LogP contribution < -0.4 is 0 Å². The van der Waals surface area contributed by atoms with Gasteiger partial charge >= 0.3 is 0 Å². The predicted octanol–water partition coefficient (Wildman–Crippen LogP) is 2.72. The van der Waals surface area contributed by atoms with Crippen LogP contribution in [0.3, 0.4) is 0 Å². The fourth-order valence-corrected chi connectivity index (χ4v) is 3.48. The third-order valence-electron chi connectivity index (χ3n) is 4.95. The van der Waals surface area contributed by atoms with E-state index in [-0.39, 0.29) is 6.17 Å². The largest absolute Gasteiger partial charge is 0.312 e. The van der Waals surface area contributed by atoms with Gasteiger partial charge in [-0.1, -0.05) is 19.4 Å². The molecule has 2 fully saturated rings. The molecule has 0 aromatic carbocycles. The molecule has 0 aromatic rings. The summed E-state index contributed by atoms with van der Waals surface area (Å²) in [5, 5.41) is 7.08. The number of amidine groups is 2. The molecule has 6 heteroatoms. The summed E-state index contributed by atoms with van der Waals surface area (Å²) in [6.45, 7) is 7.22. The highest BCUT2D eigenvalue weighted by Gasteiger charge is 2.33. The topological polar surface area (TPSA) is 67.4 Å². The molecule has 6 nitrogen and oxygen atoms in total. The van der Waals surface area contributed by atoms with Gasteiger partial charge in [0.15, 0.2) is 5.84 Å². The number of rotatable bonds is 5. The molecule has 1 N–H and O–H groups in total. The molecule has 3 aliphatic rings. The minimum absolute atomic E-state index is 0.192. The summed E-state index contributed by atoms with van der Waals surface area (Å²) in [5.74, 6) is 2.11. The Balaban J connectivity index is 1.79. The zero-order chi connectivity index (χ0) is 16.9. The Bertz CT molecular complexity index is 584. The van der Waals surface area contributed by atoms with Gasteiger partial charge in [-0.15, -0.1) is 0 Å². The lowest BCUT2D eigenvalue weighted by Crippen LogP contribution is -2.42. The van der Waals surface area contributed by atoms with Crippen LogP contribution >= 0.6 is 0 Å². The van der Waals surface area contributed by atoms with Crippen molar-refractivity contribution in [3.05, 3.63) is 11.8 Å². The van der Waals surface area contributed by atoms with Crippen molar-refractivity contribution < 1.29 is 0 Å². The molecule has 2 aliphatic heterocycles. The van der Waals surface area contributed by atoms with Crippen LogP contribution in [0.2, 0.25) is 0 Å². The molecule has 1 saturated carbocycles. The van der Waals surface area contributed by atoms with E-state index in [1.807, 2.05) is 6.92 Å². The molecular weight excluding hydrogens is 300 g/mol. The van der Waals surface area contributed by atoms with Gasteiger partial charge in [0.1, 0.15) is 17.7 Å². The summed E-state index contributed by atoms with van der Waals surface area (Å²) >= 11 is 0. The summed E-state index contributed by atoms with van der Waals surface area (Å²) in [4.78, 5) is 18.8. The van der Waals surface area contributed by atoms with E-state index in [0.717, 1.165) is 55.9 Å². The third-order valence-corrected chi connectivity index (χ3v) is 4.95. The van der Waals surface area contributed by atoms with E-state index < -0.39 is 0 Å². The van der Waals surface area contributed by atoms with Gasteiger partial charge < -0.3 is 10.3 Å². The molecule has 0 radical (unpaired) electrons. The Hall–Kier alpha value is -1.82. The maximum atomic E-state index is 7.08. The fourth-order valence-electron chi connectivity index (χ4n) is 3.48. The van der Waals surface area contributed by atoms with E-state index in [4.69, 9.17) is 15.4 Å². The highest BCUT2D eigenvalue weighted by atomic mass is 15.3. The monoisotopic (exact) mass is 328 g/mol. The maximum absolute atomic E-state index is 7.08. The van der Waals surface area contributed by atoms with Gasteiger partial charge in [0.05, 0.1) is 0 Å². The normalized spacial score (nSPS) is 27.2. The van der Waals surface area contributed by atoms with Crippen LogP contribution in [0, 0.1) is 5.41 Å². The molecule has 1 unspecified atom stereocenters. The van der Waals surface area contributed by atoms with Gasteiger partial charge in [-0.25, -0.2) is 9.98 Å². The summed E-state index contributed by atoms with van der Waals surface area (Å²) in [5.41, 5.74) is 0.987. The van der Waals surface area contributed by atoms with E-state index in [9.17, 15) is 0 Å². The van der Waals surface area contributed by atoms with Crippen molar-refractivity contribution in [3.63, 3.8) is 0 Å². The molecule has 0 spiro atoms. The number of nitrogens with zero attached hydrogens (tertiary/aromatic N) is 5. The van der Waals surface area contributed by atoms with Crippen molar-refractivity contribution in [2.75, 3.05) is 19.6 Å². The van der Waals surface area contributed by atoms with E-state index in [2.05, 4.69) is 27.8 Å². The van der Waals surface area contributed by atoms with Gasteiger partial charge in [-0.2, -0.15) is 0 Å². The summed E-state index contributed by atoms with van der Waals surface area (Å²) in [7, 11) is 0. The van der Waals surface area contributed by atoms with Crippen molar-refractivity contribution in [1.29, 1.82) is 5.41 Å². The lowest BCUT2D eigenvalue weighted by molar-refractivity contribution is 0.134. The second kappa shape index (κ2) is 7.83. The average Bonchev–Trinajstić information content (AvgIpc) is 2.70. The molecule has 0 aromatic heterocycles. The molecule has 0 bridgehead atoms. The highest BCUT2D eigenvalue weighted by Crippen LogP contribution is 2.28. The third kappa shape index (κ3) is 3.64. The molecule has 2 heterocycles. The maximum Gasteiger partial charge on any atom is 0.157 e. The molecule has 1 atom stereocenters. The van der Waals surface area contributed by atoms with E-state index in [0.29, 0.717) is 0 Å². The van der Waals surface area contributed by atoms with Crippen molar-refractivity contribution in [2.45, 2.75) is 58.2 Å². The van der Waals surface area contributed by atoms with Crippen molar-refractivity contribution in [3.8, 4) is 0 Å². The second-order valence-corrected chi connectivity index (χ2v) is 6.60. The second-order valence-electron chi connectivity index (χ2n) is 6.60. The molecule has 3 rings (SSSR count). The lowest BCUT2D eigenvalue weighted by Gasteiger charge is -2.36. The van der Waals surface area contributed by atoms with Gasteiger partial charge in [0, 0.05) is 44.5 Å². The van der Waals surface area contributed by atoms with Crippen LogP contribution in [-0.4, -0.2) is 65.7 Å². The summed E-state index contributed by atoms with van der Waals surface area (Å²) < 4.78 is 0. The Morgan fingerprint density at radius 3 is 2.83 bits per heavy atom. The van der Waals surface area contributed by atoms with Gasteiger partial charge in [0.25, 0.3) is 0 Å². The fraction of sp³-hybridized carbons (Fsp3) is 0.667. The molecule has 130 valence electrons. The first kappa shape index (κ1) is 17.0. The van der Waals surface area contributed by atoms with Crippen LogP contribution in [-0.2, 0) is 0 Å². The molecule has 24 heavy (non-hydrogen) atoms. The van der Waals surface area contributed by atoms with Crippen LogP contribution in [0.25, 0.3) is 0 Å². The Morgan fingerprint density at radius 2 is 2.17 bits per heavy atom. The lowest BCUT2D eigenvalue weighted by atomic mass is 9.91. The van der Waals surface area contributed by atoms with Crippen molar-refractivity contribution >= 4 is 24.1 Å². The zero-order valence-electron chi connectivity index (χ0n) is 14.8. The highest BCUT2D eigenvalue weighted by molar-refractivity contribution is 6.15. The Kier molecular flexibility index (Phi) is 5.56. The van der Waals surface area contributed by atoms with Crippen molar-refractivity contribution in [1.82, 2.24) is 9.80 Å². The number of aliphatic imine (C=N–C) groups is 3. The molecule has 1 aliphatic carbocycles. The Labute approximate surface area is 144 Å². The first-order valence-electron chi connectivity index (χ1n) is 9.12. The Morgan fingerprint density at radius 1 is 1.33 bits per heavy atom. The minimum atomic E-state index is -0.192. The van der Waals surface area contributed by atoms with Crippen LogP contribution in [0.1, 0.15) is 46.0 Å². The molecular formula is C18H28N6. The van der Waals surface area contributed by atoms with Gasteiger partial charge in [-0.3, -0.25) is 9.89 Å². The smallest absolute Gasteiger partial charge is 0.157 e. The van der Waals surface area contributed by atoms with Crippen molar-refractivity contribution in [2.24, 2.45) is 15.0 Å². The quantitative estimate of drug-likeness (QED) is 0.789. The van der Waals surface area contributed by atoms with Crippen LogP contribution in [0.4, 0.5) is 0 Å². The standard InChI is InChI=1S/C18H28N6/c1-3-5-16-18(21-14(2)20-10-9-19)24-13-12-23(15-6-4-7-15)11-8-17(24)22-16/h5,9-10,14-15,19H,3-4,6-8,11-13H2,1-2H3/b16-5+,19-9?,20-10?,21-18?. The summed E-state index contributed by atoms with van der Waals surface area (Å²) in [6, 6.07) is 0.785. The first-order chi connectivity index (χ1) is 11.7. The first-order valence-corrected chi connectivity index (χ1v) is 9.12. The number of hydrogen-bond acceptors (Lipinski definition) is 5. The van der Waals surface area contributed by atoms with Gasteiger partial charge in [0.2, 0.25) is 0 Å². The molecule has 0 amide bonds. The molecule has 1 saturated heterocycles. The van der Waals surface area contributed by atoms with E-state index in [1.165, 1.54) is 31.7 Å². The van der Waals surface area contributed by atoms with E-state index >= 15 is 0 Å². The SMILES string of the molecule is CC/C=C1/N=C2CCN(C3CCC3)CCN2C1=NC(C)N=CC=N. The number of hydrogen-bond donors (Lipinski definition) is 1. The minimum Gasteiger partial charge on any atom is -0.312 e. The average molecular weight is 328 g/mol. The number of nitrogens with one attached hydrogen (secondary N) is 1. The van der Waals surface area contributed by atoms with Crippen LogP contribution in [0.15, 0.2) is 26.8 Å². The van der Waals surface area contributed by atoms with E-state index in [1.54, 1.807) is 0 Å². The predicted molar refractivity (Wildman–Crippen MR) is 101 cm³/mol. The van der Waals surface area contributed by atoms with Gasteiger partial charge in [-0.05, 0) is 26.2 Å². The number of fused-ring (bicyclic) bond motifs is 1. The zero-order valence-corrected chi connectivity index (χ0v) is 14.8. The van der Waals surface area contributed by atoms with Crippen LogP contribution in [0.5, 0.6) is 0 Å². The summed E-state index contributed by atoms with van der Waals surface area (Å²) in [6.07, 6.45) is 10.7. The number of allylic oxidation sites excluding steroid dienone is 1.